The first-order valence-corrected chi connectivity index (χ1v) is 35.2. The molecule has 12 rings (SSSR count). The predicted octanol–water partition coefficient (Wildman–Crippen LogP) is 0.545. The zero-order valence-electron chi connectivity index (χ0n) is 57.5. The number of pyridine rings is 2. The van der Waals surface area contributed by atoms with E-state index in [2.05, 4.69) is 40.3 Å². The molecule has 6 fully saturated rings. The van der Waals surface area contributed by atoms with Crippen molar-refractivity contribution in [1.29, 1.82) is 0 Å². The molecule has 570 valence electrons. The van der Waals surface area contributed by atoms with E-state index in [1.54, 1.807) is 20.8 Å². The summed E-state index contributed by atoms with van der Waals surface area (Å²) in [6.45, 7) is 9.65. The highest BCUT2D eigenvalue weighted by atomic mass is 32.2. The van der Waals surface area contributed by atoms with Crippen LogP contribution in [0.1, 0.15) is 93.4 Å². The number of aromatic amines is 2. The number of aromatic carboxylic acids is 1. The fourth-order valence-corrected chi connectivity index (χ4v) is 16.0. The second-order valence-corrected chi connectivity index (χ2v) is 31.1. The van der Waals surface area contributed by atoms with Crippen LogP contribution in [-0.4, -0.2) is 253 Å². The number of hydrogen-bond acceptors (Lipinski definition) is 33. The third-order valence-electron chi connectivity index (χ3n) is 17.3. The van der Waals surface area contributed by atoms with Crippen molar-refractivity contribution < 1.29 is 112 Å². The van der Waals surface area contributed by atoms with E-state index in [1.165, 1.54) is 53.2 Å². The molecule has 2 radical (unpaired) electrons. The number of carboxylic acid groups (broad SMARTS) is 3. The van der Waals surface area contributed by atoms with E-state index in [9.17, 15) is 97.8 Å². The number of fused-ring (bicyclic) bond motifs is 4. The second kappa shape index (κ2) is 29.5. The molecule has 6 aliphatic heterocycles. The number of Topliss-reactive ketones (excluding diaryl/α,β-unsaturated/α-hetero) is 2. The maximum absolute atomic E-state index is 13.5. The monoisotopic (exact) mass is 1570 g/mol. The summed E-state index contributed by atoms with van der Waals surface area (Å²) in [5.74, 6) is -7.33. The average Bonchev–Trinajstić information content (AvgIpc) is 1.56. The molecule has 0 bridgehead atoms. The Balaban J connectivity index is 0.000000194. The molecule has 7 amide bonds. The number of thioether (sulfide) groups is 2. The number of benzene rings is 2. The molecule has 10 heterocycles. The minimum atomic E-state index is -2.01. The van der Waals surface area contributed by atoms with E-state index < -0.39 is 178 Å². The number of hydrogen-bond donors (Lipinski definition) is 13. The van der Waals surface area contributed by atoms with Gasteiger partial charge in [-0.3, -0.25) is 58.6 Å². The van der Waals surface area contributed by atoms with Gasteiger partial charge in [0.2, 0.25) is 43.6 Å². The summed E-state index contributed by atoms with van der Waals surface area (Å²) in [4.78, 5) is 203. The van der Waals surface area contributed by atoms with Gasteiger partial charge in [-0.25, -0.2) is 49.6 Å². The van der Waals surface area contributed by atoms with Crippen LogP contribution in [0.3, 0.4) is 0 Å². The molecule has 2 unspecified atom stereocenters. The van der Waals surface area contributed by atoms with Crippen molar-refractivity contribution in [3.63, 3.8) is 0 Å². The molecule has 16 N–H and O–H groups in total. The molecule has 108 heavy (non-hydrogen) atoms. The van der Waals surface area contributed by atoms with Crippen LogP contribution in [0.25, 0.3) is 21.8 Å². The second-order valence-electron chi connectivity index (χ2n) is 26.5. The molecule has 46 heteroatoms. The number of ketones is 2. The van der Waals surface area contributed by atoms with Crippen molar-refractivity contribution in [2.24, 2.45) is 28.0 Å². The van der Waals surface area contributed by atoms with Gasteiger partial charge in [0.25, 0.3) is 5.91 Å². The van der Waals surface area contributed by atoms with Gasteiger partial charge in [0, 0.05) is 61.2 Å². The quantitative estimate of drug-likeness (QED) is 0.00684. The van der Waals surface area contributed by atoms with Crippen LogP contribution in [0.2, 0.25) is 0 Å². The molecule has 0 aliphatic carbocycles. The van der Waals surface area contributed by atoms with Gasteiger partial charge < -0.3 is 86.0 Å². The molecule has 41 nitrogen and oxygen atoms in total. The van der Waals surface area contributed by atoms with Crippen LogP contribution in [0.15, 0.2) is 67.3 Å². The number of nitrogens with two attached hydrogens (primary N) is 3. The van der Waals surface area contributed by atoms with Crippen LogP contribution in [-0.2, 0) is 57.4 Å². The number of carbonyl (C=O) groups excluding carboxylic acids is 9. The molecule has 0 saturated carbocycles. The average molecular weight is 1570 g/mol. The number of aromatic nitrogens is 4. The van der Waals surface area contributed by atoms with E-state index in [0.717, 1.165) is 97.8 Å². The number of H-pyrrole nitrogens is 2. The Kier molecular flexibility index (Phi) is 21.5. The first-order valence-electron chi connectivity index (χ1n) is 31.7. The lowest BCUT2D eigenvalue weighted by Crippen LogP contribution is -2.60. The molecular formula is C62H65BN16O25S4. The normalized spacial score (nSPS) is 21.3. The minimum Gasteiger partial charge on any atom is -0.541 e. The van der Waals surface area contributed by atoms with Crippen LogP contribution >= 0.6 is 46.2 Å². The summed E-state index contributed by atoms with van der Waals surface area (Å²) >= 11 is 3.80. The minimum absolute atomic E-state index is 0.00944. The van der Waals surface area contributed by atoms with E-state index in [-0.39, 0.29) is 94.1 Å². The summed E-state index contributed by atoms with van der Waals surface area (Å²) < 4.78 is 9.88. The van der Waals surface area contributed by atoms with Gasteiger partial charge >= 0.3 is 50.0 Å². The fourth-order valence-electron chi connectivity index (χ4n) is 11.5. The topological polar surface area (TPSA) is 609 Å². The molecule has 2 aromatic carbocycles. The lowest BCUT2D eigenvalue weighted by Gasteiger charge is -2.40. The van der Waals surface area contributed by atoms with Crippen molar-refractivity contribution in [2.75, 3.05) is 50.7 Å². The number of anilines is 2. The first-order chi connectivity index (χ1) is 50.5. The number of β-lactam (4-membered cyclic amide) rings is 2. The smallest absolute Gasteiger partial charge is 0.378 e. The number of nitrogens with zero attached hydrogens (tertiary/aromatic N) is 10. The van der Waals surface area contributed by atoms with Gasteiger partial charge in [0.15, 0.2) is 56.3 Å². The molecule has 6 aliphatic rings. The van der Waals surface area contributed by atoms with Crippen molar-refractivity contribution >= 4 is 169 Å². The summed E-state index contributed by atoms with van der Waals surface area (Å²) in [7, 11) is 5.19. The number of phenolic OH excluding ortho intramolecular Hbond substituents is 4. The zero-order valence-corrected chi connectivity index (χ0v) is 60.7. The highest BCUT2D eigenvalue weighted by molar-refractivity contribution is 8.02. The molecule has 6 saturated heterocycles. The number of nitrogens with one attached hydrogen (secondary N) is 3. The first kappa shape index (κ1) is 78.8. The summed E-state index contributed by atoms with van der Waals surface area (Å²) in [5, 5.41) is 77.4. The lowest BCUT2D eigenvalue weighted by molar-refractivity contribution is -0.179. The standard InChI is InChI=1S/C29H28N8O12S2.C23H30BN7O8S2.C10H7NO5/c1-28(2,24(44)45)49-34-19(15-9-50-26(30)32-15)18(40)6-12-22(43)35-10-29(25(46)47,51-23(12)35)36-3-4-37(27(36)48)33-21(42)13-8-31-14-7-17(39)16(38)5-11(14)20(13)41;1-21(2,3)37-17(34)22(4,5)39-28-14(12-9-40-19(25)27-12)13(32)8-11-15(33)29-10-23(18(35)38-24,41-16(11)29)30-6-7-31(26)20(30)36;12-7-1-4-6(2-8(7)13)11-3-5(9(4)14)10(15)16/h5,7-9,12,23,38-39H,3-4,6,10H2,1-2H3,(H2,30,32)(H,31,41)(H,33,42)(H,44,45)(H,46,47);9,11,16H,6-8,10,26H2,1-5H3,(H2,25,27);1-3,12-13H,(H,11,14)(H,15,16)/b34-19-;28-14-;/t12?,23-,29-;11?,16-,23-;/m11./s1. The Morgan fingerprint density at radius 1 is 0.639 bits per heavy atom. The van der Waals surface area contributed by atoms with Crippen LogP contribution in [0.5, 0.6) is 23.0 Å². The van der Waals surface area contributed by atoms with Crippen LogP contribution in [0.4, 0.5) is 19.9 Å². The third-order valence-corrected chi connectivity index (χ3v) is 22.1. The summed E-state index contributed by atoms with van der Waals surface area (Å²) in [6.07, 6.45) is 1.29. The summed E-state index contributed by atoms with van der Waals surface area (Å²) in [6, 6.07) is 2.68. The number of oxime groups is 2. The molecule has 4 aromatic heterocycles. The van der Waals surface area contributed by atoms with Gasteiger partial charge in [-0.1, -0.05) is 33.8 Å². The predicted molar refractivity (Wildman–Crippen MR) is 379 cm³/mol. The highest BCUT2D eigenvalue weighted by Gasteiger charge is 2.68. The number of urea groups is 2. The number of carbonyl (C=O) groups is 12. The third kappa shape index (κ3) is 15.1. The van der Waals surface area contributed by atoms with Gasteiger partial charge in [0.05, 0.1) is 70.6 Å². The van der Waals surface area contributed by atoms with E-state index in [1.807, 2.05) is 0 Å². The van der Waals surface area contributed by atoms with Gasteiger partial charge in [-0.2, -0.15) is 0 Å². The van der Waals surface area contributed by atoms with Crippen molar-refractivity contribution in [3.05, 3.63) is 90.4 Å². The number of phenols is 4. The molecule has 6 atom stereocenters. The molecule has 0 spiro atoms. The van der Waals surface area contributed by atoms with Gasteiger partial charge in [-0.15, -0.1) is 22.7 Å². The maximum Gasteiger partial charge on any atom is 0.378 e. The van der Waals surface area contributed by atoms with Gasteiger partial charge in [-0.05, 0) is 60.6 Å². The highest BCUT2D eigenvalue weighted by Crippen LogP contribution is 2.55. The van der Waals surface area contributed by atoms with Gasteiger partial charge in [0.1, 0.15) is 28.1 Å². The van der Waals surface area contributed by atoms with E-state index >= 15 is 0 Å². The van der Waals surface area contributed by atoms with E-state index in [4.69, 9.17) is 44.9 Å². The Morgan fingerprint density at radius 2 is 1.08 bits per heavy atom. The number of carboxylic acids is 3. The van der Waals surface area contributed by atoms with E-state index in [0.29, 0.717) is 0 Å². The van der Waals surface area contributed by atoms with Crippen LogP contribution in [0, 0.1) is 11.8 Å². The molecular weight excluding hydrogens is 1510 g/mol. The number of ether oxygens (including phenoxy) is 1. The maximum atomic E-state index is 13.5. The number of hydrazine groups is 2. The Morgan fingerprint density at radius 3 is 1.52 bits per heavy atom. The number of aliphatic carboxylic acids is 2. The number of aromatic hydroxyl groups is 4. The number of rotatable bonds is 21. The van der Waals surface area contributed by atoms with Crippen LogP contribution < -0.4 is 33.6 Å². The summed E-state index contributed by atoms with van der Waals surface area (Å²) in [5.41, 5.74) is 7.03. The zero-order chi connectivity index (χ0) is 79.5. The largest absolute Gasteiger partial charge is 0.541 e. The Hall–Kier alpha value is -11.8. The number of esters is 1. The number of thiazole rings is 2. The lowest BCUT2D eigenvalue weighted by atomic mass is 9.90. The Labute approximate surface area is 623 Å². The van der Waals surface area contributed by atoms with Crippen molar-refractivity contribution in [2.45, 2.75) is 98.6 Å². The number of nitrogen functional groups attached to an aromatic ring is 2. The van der Waals surface area contributed by atoms with Crippen molar-refractivity contribution in [1.82, 2.24) is 55.0 Å². The number of amides is 7. The molecule has 6 aromatic rings. The Bertz CT molecular complexity index is 5000. The fraction of sp³-hybridized carbons (Fsp3) is 0.387. The SMILES string of the molecule is CC(C)(O/N=C(\C(=O)CC1C(=O)N2C[C@@](C(=O)O)(N3CCN(NC(=O)c4c[nH]c5cc(O)c(O)cc5c4=O)C3=O)S[C@H]12)c1csc(N)n1)C(=O)O.O=C(O)c1c[nH]c2cc(O)c(O)cc2c1=O.[B]OC(=O)[C@@]1(N2CCN(N)C2=O)CN2C(=O)C(CC(=O)/C(=N\OC(C)(C)C(=O)OC(C)(C)C)c3csc(N)n3)[C@H]2S1. The van der Waals surface area contributed by atoms with Crippen molar-refractivity contribution in [3.8, 4) is 23.0 Å².